The van der Waals surface area contributed by atoms with Crippen LogP contribution in [0, 0.1) is 0 Å². The van der Waals surface area contributed by atoms with Crippen LogP contribution in [-0.2, 0) is 4.79 Å². The van der Waals surface area contributed by atoms with Crippen molar-refractivity contribution in [1.82, 2.24) is 25.5 Å². The summed E-state index contributed by atoms with van der Waals surface area (Å²) in [6.07, 6.45) is 5.59. The topological polar surface area (TPSA) is 105 Å². The third-order valence-electron chi connectivity index (χ3n) is 4.77. The molecular formula is C22H20N6O2. The number of H-pyrrole nitrogens is 1. The summed E-state index contributed by atoms with van der Waals surface area (Å²) >= 11 is 0. The Kier molecular flexibility index (Phi) is 4.72. The normalized spacial score (nSPS) is 13.2. The number of anilines is 2. The Morgan fingerprint density at radius 1 is 1.17 bits per heavy atom. The van der Waals surface area contributed by atoms with Crippen LogP contribution in [-0.4, -0.2) is 38.7 Å². The first-order valence-corrected chi connectivity index (χ1v) is 9.79. The molecule has 8 nitrogen and oxygen atoms in total. The van der Waals surface area contributed by atoms with Gasteiger partial charge in [-0.2, -0.15) is 5.10 Å². The molecule has 4 aromatic rings. The summed E-state index contributed by atoms with van der Waals surface area (Å²) in [7, 11) is 0. The Morgan fingerprint density at radius 3 is 3.00 bits per heavy atom. The Balaban J connectivity index is 1.29. The van der Waals surface area contributed by atoms with Gasteiger partial charge in [0.05, 0.1) is 11.7 Å². The van der Waals surface area contributed by atoms with Crippen molar-refractivity contribution in [3.05, 3.63) is 60.9 Å². The van der Waals surface area contributed by atoms with Crippen molar-refractivity contribution in [1.29, 1.82) is 0 Å². The van der Waals surface area contributed by atoms with Crippen LogP contribution >= 0.6 is 0 Å². The van der Waals surface area contributed by atoms with Gasteiger partial charge in [0.15, 0.2) is 12.4 Å². The van der Waals surface area contributed by atoms with E-state index in [4.69, 9.17) is 4.74 Å². The first-order valence-electron chi connectivity index (χ1n) is 9.79. The number of carbonyl (C=O) groups excluding carboxylic acids is 1. The Labute approximate surface area is 172 Å². The third-order valence-corrected chi connectivity index (χ3v) is 4.77. The van der Waals surface area contributed by atoms with Crippen molar-refractivity contribution in [2.45, 2.75) is 18.9 Å². The summed E-state index contributed by atoms with van der Waals surface area (Å²) in [6, 6.07) is 15.5. The Bertz CT molecular complexity index is 1200. The minimum absolute atomic E-state index is 0.00110. The number of ether oxygens (including phenoxy) is 1. The predicted molar refractivity (Wildman–Crippen MR) is 114 cm³/mol. The lowest BCUT2D eigenvalue weighted by atomic mass is 10.2. The molecule has 1 aliphatic rings. The molecule has 3 N–H and O–H groups in total. The molecule has 0 radical (unpaired) electrons. The molecule has 0 bridgehead atoms. The van der Waals surface area contributed by atoms with Crippen LogP contribution in [0.15, 0.2) is 60.9 Å². The molecule has 1 saturated carbocycles. The number of fused-ring (bicyclic) bond motifs is 1. The number of aromatic amines is 1. The second-order valence-electron chi connectivity index (χ2n) is 7.22. The molecule has 8 heteroatoms. The van der Waals surface area contributed by atoms with Gasteiger partial charge in [0.1, 0.15) is 11.6 Å². The highest BCUT2D eigenvalue weighted by molar-refractivity contribution is 5.82. The van der Waals surface area contributed by atoms with Crippen LogP contribution in [0.5, 0.6) is 5.75 Å². The van der Waals surface area contributed by atoms with E-state index in [1.165, 1.54) is 0 Å². The molecule has 5 rings (SSSR count). The molecule has 0 unspecified atom stereocenters. The number of nitrogens with one attached hydrogen (secondary N) is 3. The first kappa shape index (κ1) is 18.1. The highest BCUT2D eigenvalue weighted by atomic mass is 16.5. The maximum absolute atomic E-state index is 11.8. The van der Waals surface area contributed by atoms with Gasteiger partial charge in [-0.15, -0.1) is 0 Å². The number of aromatic nitrogens is 4. The molecule has 150 valence electrons. The van der Waals surface area contributed by atoms with Gasteiger partial charge in [0.25, 0.3) is 5.91 Å². The Morgan fingerprint density at radius 2 is 2.10 bits per heavy atom. The average Bonchev–Trinajstić information content (AvgIpc) is 3.46. The fraction of sp³-hybridized carbons (Fsp3) is 0.182. The van der Waals surface area contributed by atoms with E-state index in [1.54, 1.807) is 12.4 Å². The molecule has 0 atom stereocenters. The molecule has 1 fully saturated rings. The maximum Gasteiger partial charge on any atom is 0.258 e. The van der Waals surface area contributed by atoms with Crippen LogP contribution in [0.4, 0.5) is 11.5 Å². The van der Waals surface area contributed by atoms with Gasteiger partial charge in [-0.05, 0) is 49.2 Å². The monoisotopic (exact) mass is 400 g/mol. The second-order valence-corrected chi connectivity index (χ2v) is 7.22. The van der Waals surface area contributed by atoms with Crippen LogP contribution in [0.1, 0.15) is 12.8 Å². The summed E-state index contributed by atoms with van der Waals surface area (Å²) in [5, 5.41) is 14.2. The fourth-order valence-corrected chi connectivity index (χ4v) is 3.11. The standard InChI is InChI=1S/C22H20N6O2/c29-21(26-16-4-5-16)13-30-18-3-1-2-14(11-18)22-23-9-8-20(27-22)25-17-6-7-19-15(10-17)12-24-28-19/h1-3,6-12,16H,4-5,13H2,(H,24,28)(H,26,29)(H,23,25,27). The molecule has 2 heterocycles. The van der Waals surface area contributed by atoms with Crippen molar-refractivity contribution < 1.29 is 9.53 Å². The minimum atomic E-state index is -0.0973. The number of carbonyl (C=O) groups is 1. The number of rotatable bonds is 7. The fourth-order valence-electron chi connectivity index (χ4n) is 3.11. The Hall–Kier alpha value is -3.94. The summed E-state index contributed by atoms with van der Waals surface area (Å²) in [4.78, 5) is 20.8. The van der Waals surface area contributed by atoms with Crippen LogP contribution in [0.3, 0.4) is 0 Å². The molecular weight excluding hydrogens is 380 g/mol. The van der Waals surface area contributed by atoms with Gasteiger partial charge in [-0.3, -0.25) is 9.89 Å². The van der Waals surface area contributed by atoms with Gasteiger partial charge in [0.2, 0.25) is 0 Å². The molecule has 30 heavy (non-hydrogen) atoms. The summed E-state index contributed by atoms with van der Waals surface area (Å²) in [5.41, 5.74) is 2.70. The third kappa shape index (κ3) is 4.22. The first-order chi connectivity index (χ1) is 14.7. The smallest absolute Gasteiger partial charge is 0.258 e. The van der Waals surface area contributed by atoms with Crippen molar-refractivity contribution in [2.24, 2.45) is 0 Å². The highest BCUT2D eigenvalue weighted by Gasteiger charge is 2.23. The summed E-state index contributed by atoms with van der Waals surface area (Å²) in [5.74, 6) is 1.75. The molecule has 0 saturated heterocycles. The van der Waals surface area contributed by atoms with E-state index < -0.39 is 0 Å². The molecule has 1 aliphatic carbocycles. The summed E-state index contributed by atoms with van der Waals surface area (Å²) < 4.78 is 5.63. The largest absolute Gasteiger partial charge is 0.484 e. The average molecular weight is 400 g/mol. The zero-order valence-electron chi connectivity index (χ0n) is 16.1. The maximum atomic E-state index is 11.8. The van der Waals surface area contributed by atoms with Gasteiger partial charge in [-0.25, -0.2) is 9.97 Å². The van der Waals surface area contributed by atoms with E-state index in [9.17, 15) is 4.79 Å². The second kappa shape index (κ2) is 7.82. The molecule has 0 aliphatic heterocycles. The lowest BCUT2D eigenvalue weighted by molar-refractivity contribution is -0.123. The van der Waals surface area contributed by atoms with Crippen molar-refractivity contribution in [2.75, 3.05) is 11.9 Å². The van der Waals surface area contributed by atoms with Crippen molar-refractivity contribution >= 4 is 28.3 Å². The van der Waals surface area contributed by atoms with E-state index in [0.29, 0.717) is 23.4 Å². The quantitative estimate of drug-likeness (QED) is 0.439. The van der Waals surface area contributed by atoms with E-state index in [0.717, 1.165) is 35.0 Å². The van der Waals surface area contributed by atoms with E-state index in [1.807, 2.05) is 48.5 Å². The molecule has 2 aromatic carbocycles. The van der Waals surface area contributed by atoms with Crippen LogP contribution in [0.2, 0.25) is 0 Å². The zero-order chi connectivity index (χ0) is 20.3. The van der Waals surface area contributed by atoms with Crippen molar-refractivity contribution in [3.63, 3.8) is 0 Å². The number of nitrogens with zero attached hydrogens (tertiary/aromatic N) is 3. The minimum Gasteiger partial charge on any atom is -0.484 e. The SMILES string of the molecule is O=C(COc1cccc(-c2nccc(Nc3ccc4[nH]ncc4c3)n2)c1)NC1CC1. The van der Waals surface area contributed by atoms with E-state index in [-0.39, 0.29) is 12.5 Å². The lowest BCUT2D eigenvalue weighted by Gasteiger charge is -2.09. The molecule has 2 aromatic heterocycles. The van der Waals surface area contributed by atoms with Gasteiger partial charge < -0.3 is 15.4 Å². The predicted octanol–water partition coefficient (Wildman–Crippen LogP) is 3.42. The molecule has 0 spiro atoms. The number of amides is 1. The zero-order valence-corrected chi connectivity index (χ0v) is 16.1. The van der Waals surface area contributed by atoms with Crippen molar-refractivity contribution in [3.8, 4) is 17.1 Å². The number of hydrogen-bond acceptors (Lipinski definition) is 6. The van der Waals surface area contributed by atoms with Crippen LogP contribution < -0.4 is 15.4 Å². The number of hydrogen-bond donors (Lipinski definition) is 3. The molecule has 1 amide bonds. The highest BCUT2D eigenvalue weighted by Crippen LogP contribution is 2.24. The summed E-state index contributed by atoms with van der Waals surface area (Å²) in [6.45, 7) is -0.00110. The van der Waals surface area contributed by atoms with Gasteiger partial charge in [0, 0.05) is 28.9 Å². The van der Waals surface area contributed by atoms with Gasteiger partial charge >= 0.3 is 0 Å². The van der Waals surface area contributed by atoms with E-state index in [2.05, 4.69) is 30.8 Å². The lowest BCUT2D eigenvalue weighted by Crippen LogP contribution is -2.30. The van der Waals surface area contributed by atoms with Crippen LogP contribution in [0.25, 0.3) is 22.3 Å². The van der Waals surface area contributed by atoms with Gasteiger partial charge in [-0.1, -0.05) is 12.1 Å². The van der Waals surface area contributed by atoms with E-state index >= 15 is 0 Å². The number of benzene rings is 2.